The highest BCUT2D eigenvalue weighted by Crippen LogP contribution is 2.75. The van der Waals surface area contributed by atoms with Crippen LogP contribution in [0.5, 0.6) is 0 Å². The zero-order valence-corrected chi connectivity index (χ0v) is 17.7. The summed E-state index contributed by atoms with van der Waals surface area (Å²) in [6.07, 6.45) is 3.73. The average Bonchev–Trinajstić information content (AvgIpc) is 3.58. The van der Waals surface area contributed by atoms with E-state index in [1.165, 1.54) is 22.8 Å². The maximum absolute atomic E-state index is 13.1. The highest BCUT2D eigenvalue weighted by molar-refractivity contribution is 7.89. The van der Waals surface area contributed by atoms with Crippen molar-refractivity contribution >= 4 is 26.8 Å². The third-order valence-electron chi connectivity index (χ3n) is 6.60. The Morgan fingerprint density at radius 3 is 2.47 bits per heavy atom. The first kappa shape index (κ1) is 19.5. The normalized spacial score (nSPS) is 25.6. The monoisotopic (exact) mass is 432 g/mol. The van der Waals surface area contributed by atoms with Crippen LogP contribution in [0.2, 0.25) is 0 Å². The van der Waals surface area contributed by atoms with Crippen LogP contribution in [-0.2, 0) is 21.4 Å². The van der Waals surface area contributed by atoms with Crippen molar-refractivity contribution in [3.8, 4) is 0 Å². The molecule has 1 aromatic carbocycles. The molecule has 2 aromatic rings. The molecular weight excluding hydrogens is 408 g/mol. The van der Waals surface area contributed by atoms with Crippen LogP contribution in [0, 0.1) is 11.3 Å². The van der Waals surface area contributed by atoms with E-state index in [1.807, 2.05) is 13.8 Å². The number of nitrogens with zero attached hydrogens (tertiary/aromatic N) is 2. The highest BCUT2D eigenvalue weighted by atomic mass is 32.2. The summed E-state index contributed by atoms with van der Waals surface area (Å²) in [7, 11) is -3.81. The van der Waals surface area contributed by atoms with Crippen molar-refractivity contribution in [2.45, 2.75) is 62.9 Å². The number of carbonyl (C=O) groups excluding carboxylic acids is 1. The maximum Gasteiger partial charge on any atom is 0.350 e. The number of benzene rings is 1. The molecule has 3 aliphatic rings. The molecular formula is C20H24N4O5S. The number of nitrogens with one attached hydrogen (secondary N) is 2. The van der Waals surface area contributed by atoms with E-state index in [0.717, 1.165) is 30.4 Å². The summed E-state index contributed by atoms with van der Waals surface area (Å²) in [5, 5.41) is 0.0767. The zero-order valence-electron chi connectivity index (χ0n) is 16.9. The lowest BCUT2D eigenvalue weighted by Crippen LogP contribution is -2.47. The number of aryl methyl sites for hydroxylation is 1. The SMILES string of the molecule is CCCn1c(=O)n(NC(=O)C23CC2C3)c(=O)c2cc(S(=O)(=O)NC3(C)CC3)ccc21. The molecule has 0 aliphatic heterocycles. The van der Waals surface area contributed by atoms with Crippen molar-refractivity contribution in [3.63, 3.8) is 0 Å². The van der Waals surface area contributed by atoms with Crippen LogP contribution in [0.25, 0.3) is 10.9 Å². The van der Waals surface area contributed by atoms with Gasteiger partial charge in [-0.05, 0) is 63.1 Å². The van der Waals surface area contributed by atoms with Crippen molar-refractivity contribution in [1.29, 1.82) is 0 Å². The van der Waals surface area contributed by atoms with E-state index in [1.54, 1.807) is 0 Å². The molecule has 9 nitrogen and oxygen atoms in total. The molecule has 160 valence electrons. The summed E-state index contributed by atoms with van der Waals surface area (Å²) in [4.78, 5) is 38.5. The molecule has 1 heterocycles. The van der Waals surface area contributed by atoms with E-state index in [4.69, 9.17) is 0 Å². The van der Waals surface area contributed by atoms with Crippen LogP contribution >= 0.6 is 0 Å². The van der Waals surface area contributed by atoms with E-state index in [2.05, 4.69) is 10.1 Å². The lowest BCUT2D eigenvalue weighted by molar-refractivity contribution is -0.120. The number of fused-ring (bicyclic) bond motifs is 2. The molecule has 5 rings (SSSR count). The fraction of sp³-hybridized carbons (Fsp3) is 0.550. The van der Waals surface area contributed by atoms with Gasteiger partial charge in [-0.1, -0.05) is 6.92 Å². The highest BCUT2D eigenvalue weighted by Gasteiger charge is 2.74. The first-order valence-electron chi connectivity index (χ1n) is 10.3. The average molecular weight is 433 g/mol. The second-order valence-electron chi connectivity index (χ2n) is 9.12. The first-order valence-corrected chi connectivity index (χ1v) is 11.7. The number of hydrogen-bond donors (Lipinski definition) is 2. The van der Waals surface area contributed by atoms with Gasteiger partial charge >= 0.3 is 5.69 Å². The molecule has 1 aromatic heterocycles. The summed E-state index contributed by atoms with van der Waals surface area (Å²) in [5.41, 5.74) is 0.623. The third-order valence-corrected chi connectivity index (χ3v) is 8.24. The molecule has 3 saturated carbocycles. The van der Waals surface area contributed by atoms with E-state index in [0.29, 0.717) is 24.4 Å². The van der Waals surface area contributed by atoms with Gasteiger partial charge in [0.25, 0.3) is 5.56 Å². The Balaban J connectivity index is 1.63. The molecule has 0 spiro atoms. The minimum absolute atomic E-state index is 0.0390. The summed E-state index contributed by atoms with van der Waals surface area (Å²) >= 11 is 0. The van der Waals surface area contributed by atoms with E-state index < -0.39 is 32.2 Å². The Bertz CT molecular complexity index is 1310. The Hall–Kier alpha value is -2.46. The fourth-order valence-electron chi connectivity index (χ4n) is 4.02. The Morgan fingerprint density at radius 1 is 1.23 bits per heavy atom. The van der Waals surface area contributed by atoms with Crippen LogP contribution in [-0.4, -0.2) is 29.1 Å². The Morgan fingerprint density at radius 2 is 1.90 bits per heavy atom. The lowest BCUT2D eigenvalue weighted by atomic mass is 10.2. The number of hydrogen-bond acceptors (Lipinski definition) is 5. The van der Waals surface area contributed by atoms with Gasteiger partial charge in [-0.3, -0.25) is 19.6 Å². The van der Waals surface area contributed by atoms with Crippen molar-refractivity contribution in [2.24, 2.45) is 11.3 Å². The van der Waals surface area contributed by atoms with Crippen LogP contribution in [0.15, 0.2) is 32.7 Å². The number of aromatic nitrogens is 2. The molecule has 0 saturated heterocycles. The van der Waals surface area contributed by atoms with Gasteiger partial charge in [0.2, 0.25) is 15.9 Å². The molecule has 0 atom stereocenters. The molecule has 0 radical (unpaired) electrons. The summed E-state index contributed by atoms with van der Waals surface area (Å²) in [6, 6.07) is 4.18. The zero-order chi connectivity index (χ0) is 21.5. The second kappa shape index (κ2) is 6.04. The minimum atomic E-state index is -3.81. The van der Waals surface area contributed by atoms with Crippen LogP contribution < -0.4 is 21.4 Å². The largest absolute Gasteiger partial charge is 0.350 e. The van der Waals surface area contributed by atoms with Crippen LogP contribution in [0.3, 0.4) is 0 Å². The van der Waals surface area contributed by atoms with E-state index in [9.17, 15) is 22.8 Å². The second-order valence-corrected chi connectivity index (χ2v) is 10.8. The third kappa shape index (κ3) is 2.92. The van der Waals surface area contributed by atoms with Gasteiger partial charge in [-0.25, -0.2) is 17.9 Å². The van der Waals surface area contributed by atoms with E-state index >= 15 is 0 Å². The molecule has 1 amide bonds. The molecule has 0 unspecified atom stereocenters. The topological polar surface area (TPSA) is 119 Å². The molecule has 2 N–H and O–H groups in total. The number of carbonyl (C=O) groups is 1. The molecule has 0 bridgehead atoms. The van der Waals surface area contributed by atoms with Crippen molar-refractivity contribution in [2.75, 3.05) is 5.43 Å². The number of sulfonamides is 1. The fourth-order valence-corrected chi connectivity index (χ4v) is 5.51. The predicted octanol–water partition coefficient (Wildman–Crippen LogP) is 0.884. The van der Waals surface area contributed by atoms with Gasteiger partial charge in [0.05, 0.1) is 21.2 Å². The Labute approximate surface area is 173 Å². The van der Waals surface area contributed by atoms with Crippen molar-refractivity contribution in [3.05, 3.63) is 39.0 Å². The van der Waals surface area contributed by atoms with Gasteiger partial charge in [-0.15, -0.1) is 0 Å². The standard InChI is InChI=1S/C20H24N4O5S/c1-3-8-23-15-5-4-13(30(28,29)22-19(2)6-7-19)9-14(15)16(25)24(18(23)27)21-17(26)20-10-12(20)11-20/h4-5,9,12,22H,3,6-8,10-11H2,1-2H3,(H,21,26). The summed E-state index contributed by atoms with van der Waals surface area (Å²) in [5.74, 6) is 0.0410. The van der Waals surface area contributed by atoms with Crippen molar-refractivity contribution < 1.29 is 13.2 Å². The van der Waals surface area contributed by atoms with Gasteiger partial charge in [0, 0.05) is 12.1 Å². The molecule has 30 heavy (non-hydrogen) atoms. The van der Waals surface area contributed by atoms with Crippen LogP contribution in [0.4, 0.5) is 0 Å². The van der Waals surface area contributed by atoms with Gasteiger partial charge in [0.1, 0.15) is 0 Å². The smallest absolute Gasteiger partial charge is 0.292 e. The molecule has 3 fully saturated rings. The Kier molecular flexibility index (Phi) is 3.93. The van der Waals surface area contributed by atoms with Gasteiger partial charge < -0.3 is 0 Å². The molecule has 10 heteroatoms. The first-order chi connectivity index (χ1) is 14.1. The number of rotatable bonds is 7. The summed E-state index contributed by atoms with van der Waals surface area (Å²) in [6.45, 7) is 4.06. The van der Waals surface area contributed by atoms with Crippen molar-refractivity contribution in [1.82, 2.24) is 14.0 Å². The lowest BCUT2D eigenvalue weighted by Gasteiger charge is -2.16. The van der Waals surface area contributed by atoms with Gasteiger partial charge in [0.15, 0.2) is 0 Å². The summed E-state index contributed by atoms with van der Waals surface area (Å²) < 4.78 is 30.3. The maximum atomic E-state index is 13.1. The minimum Gasteiger partial charge on any atom is -0.292 e. The number of amides is 1. The van der Waals surface area contributed by atoms with E-state index in [-0.39, 0.29) is 16.2 Å². The predicted molar refractivity (Wildman–Crippen MR) is 110 cm³/mol. The quantitative estimate of drug-likeness (QED) is 0.673. The van der Waals surface area contributed by atoms with Gasteiger partial charge in [-0.2, -0.15) is 4.68 Å². The molecule has 3 aliphatic carbocycles. The van der Waals surface area contributed by atoms with Crippen LogP contribution in [0.1, 0.15) is 46.0 Å².